The molecule has 4 heterocycles. The molecular formula is C28H21Cl2N7O4. The molecular weight excluding hydrogens is 569 g/mol. The molecule has 13 heteroatoms. The van der Waals surface area contributed by atoms with Gasteiger partial charge in [-0.05, 0) is 47.5 Å². The van der Waals surface area contributed by atoms with Gasteiger partial charge in [0.2, 0.25) is 10.6 Å². The predicted octanol–water partition coefficient (Wildman–Crippen LogP) is 6.14. The first kappa shape index (κ1) is 26.6. The maximum Gasteiger partial charge on any atom is 0.329 e. The summed E-state index contributed by atoms with van der Waals surface area (Å²) in [5.41, 5.74) is 2.20. The molecule has 0 unspecified atom stereocenters. The summed E-state index contributed by atoms with van der Waals surface area (Å²) in [5.74, 6) is 1.01. The van der Waals surface area contributed by atoms with Gasteiger partial charge in [-0.1, -0.05) is 56.3 Å². The third kappa shape index (κ3) is 5.96. The monoisotopic (exact) mass is 589 g/mol. The van der Waals surface area contributed by atoms with Crippen LogP contribution < -0.4 is 18.9 Å². The van der Waals surface area contributed by atoms with Crippen molar-refractivity contribution in [2.45, 2.75) is 32.5 Å². The smallest absolute Gasteiger partial charge is 0.329 e. The van der Waals surface area contributed by atoms with Crippen LogP contribution in [0.5, 0.6) is 35.5 Å². The molecule has 0 fully saturated rings. The third-order valence-electron chi connectivity index (χ3n) is 6.22. The lowest BCUT2D eigenvalue weighted by molar-refractivity contribution is 0.260. The summed E-state index contributed by atoms with van der Waals surface area (Å²) in [5, 5.41) is -0.157. The van der Waals surface area contributed by atoms with E-state index in [0.29, 0.717) is 22.9 Å². The summed E-state index contributed by atoms with van der Waals surface area (Å²) in [6.07, 6.45) is 0. The molecule has 5 aromatic rings. The van der Waals surface area contributed by atoms with Gasteiger partial charge in [-0.2, -0.15) is 19.9 Å². The number of benzene rings is 2. The average Bonchev–Trinajstić information content (AvgIpc) is 2.95. The molecule has 3 aromatic heterocycles. The van der Waals surface area contributed by atoms with Crippen molar-refractivity contribution in [3.63, 3.8) is 0 Å². The Balaban J connectivity index is 1.47. The molecule has 0 atom stereocenters. The van der Waals surface area contributed by atoms with E-state index in [1.165, 1.54) is 0 Å². The minimum absolute atomic E-state index is 0.0132. The molecule has 0 aliphatic carbocycles. The van der Waals surface area contributed by atoms with Crippen LogP contribution in [0, 0.1) is 0 Å². The lowest BCUT2D eigenvalue weighted by Crippen LogP contribution is -2.21. The van der Waals surface area contributed by atoms with E-state index in [9.17, 15) is 0 Å². The molecule has 0 N–H and O–H groups in total. The van der Waals surface area contributed by atoms with Gasteiger partial charge in [0.15, 0.2) is 0 Å². The standard InChI is InChI=1S/C28H21Cl2N7O4/c1-28(2)18-10-3-5-12-20(18)40-26-34-22(29)32-24(36-26)38-14-16-8-7-9-17(31-16)15-39-25-33-23(30)35-27(37-25)41-21-13-6-4-11-19(21)28/h3-13H,14-15H2,1-2H3. The van der Waals surface area contributed by atoms with Crippen molar-refractivity contribution in [3.8, 4) is 35.5 Å². The molecule has 11 nitrogen and oxygen atoms in total. The van der Waals surface area contributed by atoms with Crippen LogP contribution in [0.2, 0.25) is 10.6 Å². The Bertz CT molecular complexity index is 1620. The summed E-state index contributed by atoms with van der Waals surface area (Å²) in [6.45, 7) is 4.19. The van der Waals surface area contributed by atoms with Crippen LogP contribution in [0.4, 0.5) is 0 Å². The van der Waals surface area contributed by atoms with E-state index in [4.69, 9.17) is 42.1 Å². The van der Waals surface area contributed by atoms with Crippen molar-refractivity contribution < 1.29 is 18.9 Å². The van der Waals surface area contributed by atoms with Crippen molar-refractivity contribution in [1.29, 1.82) is 0 Å². The van der Waals surface area contributed by atoms with E-state index in [2.05, 4.69) is 34.9 Å². The Kier molecular flexibility index (Phi) is 7.21. The topological polar surface area (TPSA) is 127 Å². The second-order valence-electron chi connectivity index (χ2n) is 9.36. The number of nitrogens with zero attached hydrogens (tertiary/aromatic N) is 7. The lowest BCUT2D eigenvalue weighted by Gasteiger charge is -2.29. The zero-order chi connectivity index (χ0) is 28.4. The zero-order valence-electron chi connectivity index (χ0n) is 21.8. The molecule has 0 saturated heterocycles. The third-order valence-corrected chi connectivity index (χ3v) is 6.56. The van der Waals surface area contributed by atoms with Crippen LogP contribution in [0.3, 0.4) is 0 Å². The van der Waals surface area contributed by atoms with E-state index >= 15 is 0 Å². The van der Waals surface area contributed by atoms with E-state index < -0.39 is 5.41 Å². The number of pyridine rings is 1. The van der Waals surface area contributed by atoms with Crippen LogP contribution in [0.25, 0.3) is 0 Å². The van der Waals surface area contributed by atoms with Gasteiger partial charge < -0.3 is 18.9 Å². The van der Waals surface area contributed by atoms with Crippen LogP contribution >= 0.6 is 23.2 Å². The first-order valence-corrected chi connectivity index (χ1v) is 13.2. The Hall–Kier alpha value is -4.61. The second-order valence-corrected chi connectivity index (χ2v) is 10.0. The highest BCUT2D eigenvalue weighted by Gasteiger charge is 2.31. The molecule has 2 aromatic carbocycles. The van der Waals surface area contributed by atoms with Crippen molar-refractivity contribution in [1.82, 2.24) is 34.9 Å². The van der Waals surface area contributed by atoms with Crippen molar-refractivity contribution >= 4 is 23.2 Å². The highest BCUT2D eigenvalue weighted by Crippen LogP contribution is 2.43. The van der Waals surface area contributed by atoms with Crippen molar-refractivity contribution in [2.24, 2.45) is 0 Å². The number of para-hydroxylation sites is 2. The first-order valence-electron chi connectivity index (χ1n) is 12.4. The Morgan fingerprint density at radius 2 is 0.976 bits per heavy atom. The van der Waals surface area contributed by atoms with Gasteiger partial charge >= 0.3 is 24.0 Å². The molecule has 0 spiro atoms. The molecule has 0 saturated carbocycles. The molecule has 6 rings (SSSR count). The summed E-state index contributed by atoms with van der Waals surface area (Å²) >= 11 is 12.4. The SMILES string of the molecule is CC1(C)c2ccccc2Oc2nc(Cl)nc(n2)OCc2cccc(n2)COc2nc(Cl)nc(n2)Oc2ccccc21. The number of halogens is 2. The van der Waals surface area contributed by atoms with Gasteiger partial charge in [0, 0.05) is 16.5 Å². The fraction of sp³-hybridized carbons (Fsp3) is 0.179. The Morgan fingerprint density at radius 1 is 0.537 bits per heavy atom. The van der Waals surface area contributed by atoms with Crippen molar-refractivity contribution in [3.05, 3.63) is 99.8 Å². The van der Waals surface area contributed by atoms with Crippen LogP contribution in [-0.4, -0.2) is 34.9 Å². The maximum atomic E-state index is 6.20. The fourth-order valence-corrected chi connectivity index (χ4v) is 4.59. The number of fused-ring (bicyclic) bond motifs is 8. The first-order chi connectivity index (χ1) is 19.8. The number of hydrogen-bond donors (Lipinski definition) is 0. The van der Waals surface area contributed by atoms with E-state index in [1.807, 2.05) is 68.4 Å². The van der Waals surface area contributed by atoms with Gasteiger partial charge in [0.05, 0.1) is 11.4 Å². The van der Waals surface area contributed by atoms with E-state index in [-0.39, 0.29) is 47.8 Å². The summed E-state index contributed by atoms with van der Waals surface area (Å²) in [7, 11) is 0. The lowest BCUT2D eigenvalue weighted by atomic mass is 9.77. The summed E-state index contributed by atoms with van der Waals surface area (Å²) in [4.78, 5) is 29.6. The molecule has 1 aliphatic rings. The maximum absolute atomic E-state index is 6.20. The Morgan fingerprint density at radius 3 is 1.46 bits per heavy atom. The molecule has 41 heavy (non-hydrogen) atoms. The van der Waals surface area contributed by atoms with E-state index in [0.717, 1.165) is 11.1 Å². The minimum atomic E-state index is -0.644. The Labute approximate surface area is 244 Å². The van der Waals surface area contributed by atoms with Crippen LogP contribution in [0.1, 0.15) is 36.4 Å². The fourth-order valence-electron chi connectivity index (χ4n) is 4.30. The average molecular weight is 590 g/mol. The number of rotatable bonds is 0. The molecule has 6 bridgehead atoms. The van der Waals surface area contributed by atoms with Gasteiger partial charge in [-0.15, -0.1) is 9.97 Å². The minimum Gasteiger partial charge on any atom is -0.457 e. The summed E-state index contributed by atoms with van der Waals surface area (Å²) < 4.78 is 23.9. The van der Waals surface area contributed by atoms with Gasteiger partial charge in [0.1, 0.15) is 24.7 Å². The predicted molar refractivity (Wildman–Crippen MR) is 148 cm³/mol. The number of ether oxygens (including phenoxy) is 4. The quantitative estimate of drug-likeness (QED) is 0.206. The van der Waals surface area contributed by atoms with Crippen LogP contribution in [0.15, 0.2) is 66.7 Å². The highest BCUT2D eigenvalue weighted by atomic mass is 35.5. The highest BCUT2D eigenvalue weighted by molar-refractivity contribution is 6.28. The van der Waals surface area contributed by atoms with E-state index in [1.54, 1.807) is 12.1 Å². The van der Waals surface area contributed by atoms with Gasteiger partial charge in [-0.25, -0.2) is 0 Å². The largest absolute Gasteiger partial charge is 0.457 e. The molecule has 206 valence electrons. The molecule has 0 amide bonds. The van der Waals surface area contributed by atoms with Gasteiger partial charge in [-0.3, -0.25) is 4.98 Å². The summed E-state index contributed by atoms with van der Waals surface area (Å²) in [6, 6.07) is 20.4. The van der Waals surface area contributed by atoms with Crippen molar-refractivity contribution in [2.75, 3.05) is 0 Å². The molecule has 1 aliphatic heterocycles. The zero-order valence-corrected chi connectivity index (χ0v) is 23.3. The second kappa shape index (κ2) is 11.1. The van der Waals surface area contributed by atoms with Crippen LogP contribution in [-0.2, 0) is 18.6 Å². The normalized spacial score (nSPS) is 14.1. The number of hydrogen-bond acceptors (Lipinski definition) is 11. The molecule has 0 radical (unpaired) electrons. The number of aromatic nitrogens is 7. The van der Waals surface area contributed by atoms with Gasteiger partial charge in [0.25, 0.3) is 0 Å².